The number of benzene rings is 2. The summed E-state index contributed by atoms with van der Waals surface area (Å²) in [6.45, 7) is 6.78. The number of aromatic nitrogens is 1. The molecule has 1 amide bonds. The molecule has 2 aromatic carbocycles. The van der Waals surface area contributed by atoms with Gasteiger partial charge in [0.1, 0.15) is 17.5 Å². The van der Waals surface area contributed by atoms with E-state index in [0.29, 0.717) is 39.4 Å². The molecule has 1 unspecified atom stereocenters. The van der Waals surface area contributed by atoms with Gasteiger partial charge in [-0.2, -0.15) is 0 Å². The van der Waals surface area contributed by atoms with Gasteiger partial charge in [0.15, 0.2) is 4.80 Å². The van der Waals surface area contributed by atoms with Crippen LogP contribution in [0.2, 0.25) is 0 Å². The lowest BCUT2D eigenvalue weighted by Crippen LogP contribution is -2.43. The molecule has 0 radical (unpaired) electrons. The minimum absolute atomic E-state index is 0.144. The van der Waals surface area contributed by atoms with Crippen LogP contribution in [0.15, 0.2) is 69.6 Å². The molecule has 1 atom stereocenters. The standard InChI is InChI=1S/C26H27N3O4S/c1-5-28(6-2)25(32)22-16(3)27-26-29(23(22)19-9-7-8-10-20(19)33-4)24(31)21(34-26)15-17-11-13-18(30)14-12-17/h7-15,23,30H,5-6H2,1-4H3. The number of fused-ring (bicyclic) bond motifs is 1. The molecule has 7 nitrogen and oxygen atoms in total. The van der Waals surface area contributed by atoms with Crippen LogP contribution in [0.5, 0.6) is 11.5 Å². The maximum absolute atomic E-state index is 13.7. The molecule has 1 N–H and O–H groups in total. The van der Waals surface area contributed by atoms with Crippen LogP contribution in [0.1, 0.15) is 37.9 Å². The normalized spacial score (nSPS) is 15.6. The molecule has 176 valence electrons. The Morgan fingerprint density at radius 3 is 2.50 bits per heavy atom. The van der Waals surface area contributed by atoms with E-state index in [-0.39, 0.29) is 17.2 Å². The first kappa shape index (κ1) is 23.5. The molecular formula is C26H27N3O4S. The topological polar surface area (TPSA) is 84.1 Å². The van der Waals surface area contributed by atoms with Crippen LogP contribution in [0.25, 0.3) is 6.08 Å². The number of thiazole rings is 1. The number of ether oxygens (including phenoxy) is 1. The molecule has 4 rings (SSSR count). The van der Waals surface area contributed by atoms with E-state index >= 15 is 0 Å². The molecule has 0 aliphatic carbocycles. The van der Waals surface area contributed by atoms with Crippen molar-refractivity contribution in [1.82, 2.24) is 9.47 Å². The van der Waals surface area contributed by atoms with Gasteiger partial charge in [0.05, 0.1) is 22.9 Å². The molecule has 0 saturated carbocycles. The Morgan fingerprint density at radius 2 is 1.85 bits per heavy atom. The molecule has 0 fully saturated rings. The molecule has 1 aromatic heterocycles. The van der Waals surface area contributed by atoms with Gasteiger partial charge in [-0.15, -0.1) is 0 Å². The van der Waals surface area contributed by atoms with Gasteiger partial charge < -0.3 is 14.7 Å². The van der Waals surface area contributed by atoms with Crippen molar-refractivity contribution in [2.24, 2.45) is 4.99 Å². The second-order valence-corrected chi connectivity index (χ2v) is 8.90. The number of hydrogen-bond donors (Lipinski definition) is 1. The molecular weight excluding hydrogens is 450 g/mol. The van der Waals surface area contributed by atoms with Crippen LogP contribution in [-0.2, 0) is 4.79 Å². The minimum atomic E-state index is -0.664. The number of para-hydroxylation sites is 1. The predicted molar refractivity (Wildman–Crippen MR) is 133 cm³/mol. The number of methoxy groups -OCH3 is 1. The Bertz CT molecular complexity index is 1430. The number of carbonyl (C=O) groups is 1. The lowest BCUT2D eigenvalue weighted by Gasteiger charge is -2.29. The predicted octanol–water partition coefficient (Wildman–Crippen LogP) is 2.82. The van der Waals surface area contributed by atoms with E-state index in [1.165, 1.54) is 11.3 Å². The van der Waals surface area contributed by atoms with E-state index in [0.717, 1.165) is 11.1 Å². The Labute approximate surface area is 201 Å². The fourth-order valence-electron chi connectivity index (χ4n) is 4.18. The molecule has 1 aliphatic heterocycles. The number of rotatable bonds is 6. The zero-order chi connectivity index (χ0) is 24.4. The highest BCUT2D eigenvalue weighted by atomic mass is 32.1. The summed E-state index contributed by atoms with van der Waals surface area (Å²) in [5.41, 5.74) is 2.34. The first-order valence-corrected chi connectivity index (χ1v) is 11.9. The smallest absolute Gasteiger partial charge is 0.271 e. The molecule has 2 heterocycles. The maximum atomic E-state index is 13.7. The number of aromatic hydroxyl groups is 1. The van der Waals surface area contributed by atoms with Crippen molar-refractivity contribution in [3.8, 4) is 11.5 Å². The fraction of sp³-hybridized carbons (Fsp3) is 0.269. The number of carbonyl (C=O) groups excluding carboxylic acids is 1. The monoisotopic (exact) mass is 477 g/mol. The highest BCUT2D eigenvalue weighted by Crippen LogP contribution is 2.35. The summed E-state index contributed by atoms with van der Waals surface area (Å²) in [4.78, 5) is 34.3. The van der Waals surface area contributed by atoms with Crippen LogP contribution in [-0.4, -0.2) is 40.7 Å². The summed E-state index contributed by atoms with van der Waals surface area (Å²) >= 11 is 1.28. The van der Waals surface area contributed by atoms with Crippen LogP contribution in [0.3, 0.4) is 0 Å². The number of hydrogen-bond acceptors (Lipinski definition) is 6. The van der Waals surface area contributed by atoms with Crippen molar-refractivity contribution in [2.75, 3.05) is 20.2 Å². The Kier molecular flexibility index (Phi) is 6.70. The largest absolute Gasteiger partial charge is 0.508 e. The molecule has 8 heteroatoms. The SMILES string of the molecule is CCN(CC)C(=O)C1=C(C)N=c2sc(=Cc3ccc(O)cc3)c(=O)n2C1c1ccccc1OC. The van der Waals surface area contributed by atoms with E-state index in [4.69, 9.17) is 4.74 Å². The van der Waals surface area contributed by atoms with Gasteiger partial charge in [-0.3, -0.25) is 14.2 Å². The van der Waals surface area contributed by atoms with Gasteiger partial charge >= 0.3 is 0 Å². The lowest BCUT2D eigenvalue weighted by molar-refractivity contribution is -0.127. The van der Waals surface area contributed by atoms with Crippen molar-refractivity contribution in [3.05, 3.63) is 90.6 Å². The number of amides is 1. The van der Waals surface area contributed by atoms with Crippen molar-refractivity contribution in [2.45, 2.75) is 26.8 Å². The Morgan fingerprint density at radius 1 is 1.18 bits per heavy atom. The van der Waals surface area contributed by atoms with Crippen LogP contribution in [0, 0.1) is 0 Å². The summed E-state index contributed by atoms with van der Waals surface area (Å²) in [6.07, 6.45) is 1.77. The van der Waals surface area contributed by atoms with Crippen LogP contribution in [0.4, 0.5) is 0 Å². The fourth-order valence-corrected chi connectivity index (χ4v) is 5.23. The number of likely N-dealkylation sites (N-methyl/N-ethyl adjacent to an activating group) is 1. The lowest BCUT2D eigenvalue weighted by atomic mass is 9.94. The zero-order valence-electron chi connectivity index (χ0n) is 19.6. The first-order chi connectivity index (χ1) is 16.4. The van der Waals surface area contributed by atoms with Gasteiger partial charge in [0.25, 0.3) is 11.5 Å². The number of nitrogens with zero attached hydrogens (tertiary/aromatic N) is 3. The summed E-state index contributed by atoms with van der Waals surface area (Å²) in [5.74, 6) is 0.611. The van der Waals surface area contributed by atoms with Gasteiger partial charge in [-0.1, -0.05) is 41.7 Å². The number of allylic oxidation sites excluding steroid dienone is 1. The molecule has 0 saturated heterocycles. The van der Waals surface area contributed by atoms with E-state index in [2.05, 4.69) is 4.99 Å². The van der Waals surface area contributed by atoms with E-state index in [1.807, 2.05) is 45.0 Å². The molecule has 0 spiro atoms. The third-order valence-corrected chi connectivity index (χ3v) is 6.91. The number of phenolic OH excluding ortho intramolecular Hbond substituents is 1. The van der Waals surface area contributed by atoms with Gasteiger partial charge in [0, 0.05) is 18.7 Å². The van der Waals surface area contributed by atoms with E-state index in [1.54, 1.807) is 46.9 Å². The second kappa shape index (κ2) is 9.69. The first-order valence-electron chi connectivity index (χ1n) is 11.1. The molecule has 0 bridgehead atoms. The molecule has 3 aromatic rings. The van der Waals surface area contributed by atoms with Crippen LogP contribution >= 0.6 is 11.3 Å². The maximum Gasteiger partial charge on any atom is 0.271 e. The third kappa shape index (κ3) is 4.17. The van der Waals surface area contributed by atoms with E-state index < -0.39 is 6.04 Å². The van der Waals surface area contributed by atoms with Gasteiger partial charge in [-0.05, 0) is 50.6 Å². The van der Waals surface area contributed by atoms with E-state index in [9.17, 15) is 14.7 Å². The quantitative estimate of drug-likeness (QED) is 0.592. The third-order valence-electron chi connectivity index (χ3n) is 5.93. The van der Waals surface area contributed by atoms with Gasteiger partial charge in [-0.25, -0.2) is 4.99 Å². The van der Waals surface area contributed by atoms with Crippen LogP contribution < -0.4 is 19.6 Å². The minimum Gasteiger partial charge on any atom is -0.508 e. The van der Waals surface area contributed by atoms with Crippen molar-refractivity contribution in [3.63, 3.8) is 0 Å². The highest BCUT2D eigenvalue weighted by molar-refractivity contribution is 7.07. The average Bonchev–Trinajstić information content (AvgIpc) is 3.14. The van der Waals surface area contributed by atoms with Crippen molar-refractivity contribution < 1.29 is 14.6 Å². The molecule has 34 heavy (non-hydrogen) atoms. The Balaban J connectivity index is 1.99. The Hall–Kier alpha value is -3.65. The zero-order valence-corrected chi connectivity index (χ0v) is 20.4. The summed E-state index contributed by atoms with van der Waals surface area (Å²) < 4.78 is 7.71. The average molecular weight is 478 g/mol. The van der Waals surface area contributed by atoms with Crippen molar-refractivity contribution >= 4 is 23.3 Å². The van der Waals surface area contributed by atoms with Gasteiger partial charge in [0.2, 0.25) is 0 Å². The summed E-state index contributed by atoms with van der Waals surface area (Å²) in [7, 11) is 1.58. The summed E-state index contributed by atoms with van der Waals surface area (Å²) in [6, 6.07) is 13.4. The van der Waals surface area contributed by atoms with Crippen molar-refractivity contribution in [1.29, 1.82) is 0 Å². The number of phenols is 1. The molecule has 1 aliphatic rings. The highest BCUT2D eigenvalue weighted by Gasteiger charge is 2.35. The second-order valence-electron chi connectivity index (χ2n) is 7.89. The summed E-state index contributed by atoms with van der Waals surface area (Å²) in [5, 5.41) is 9.57.